The zero-order valence-electron chi connectivity index (χ0n) is 13.0. The molecule has 0 aliphatic rings. The van der Waals surface area contributed by atoms with Crippen molar-refractivity contribution < 1.29 is 4.79 Å². The lowest BCUT2D eigenvalue weighted by Crippen LogP contribution is -2.14. The highest BCUT2D eigenvalue weighted by atomic mass is 79.9. The van der Waals surface area contributed by atoms with E-state index in [0.29, 0.717) is 5.82 Å². The molecule has 6 heteroatoms. The van der Waals surface area contributed by atoms with Gasteiger partial charge in [0.2, 0.25) is 0 Å². The van der Waals surface area contributed by atoms with Crippen molar-refractivity contribution >= 4 is 39.0 Å². The summed E-state index contributed by atoms with van der Waals surface area (Å²) in [4.78, 5) is 12.1. The largest absolute Gasteiger partial charge is 0.339 e. The molecule has 0 unspecified atom stereocenters. The van der Waals surface area contributed by atoms with E-state index < -0.39 is 0 Å². The molecular weight excluding hydrogens is 368 g/mol. The lowest BCUT2D eigenvalue weighted by atomic mass is 10.2. The maximum Gasteiger partial charge on any atom is 0.276 e. The van der Waals surface area contributed by atoms with Crippen LogP contribution < -0.4 is 10.6 Å². The number of carbonyl (C=O) groups excluding carboxylic acids is 1. The highest BCUT2D eigenvalue weighted by molar-refractivity contribution is 9.10. The summed E-state index contributed by atoms with van der Waals surface area (Å²) >= 11 is 3.49. The van der Waals surface area contributed by atoms with Gasteiger partial charge in [-0.3, -0.25) is 4.79 Å². The summed E-state index contributed by atoms with van der Waals surface area (Å²) in [5.74, 6) is 0.278. The van der Waals surface area contributed by atoms with Crippen molar-refractivity contribution in [2.24, 2.45) is 0 Å². The molecular formula is C18H15BrN4O. The van der Waals surface area contributed by atoms with Gasteiger partial charge < -0.3 is 10.6 Å². The zero-order valence-corrected chi connectivity index (χ0v) is 14.5. The van der Waals surface area contributed by atoms with E-state index in [-0.39, 0.29) is 11.6 Å². The van der Waals surface area contributed by atoms with Crippen molar-refractivity contribution in [3.05, 3.63) is 76.4 Å². The Labute approximate surface area is 148 Å². The van der Waals surface area contributed by atoms with Crippen molar-refractivity contribution in [2.75, 3.05) is 10.6 Å². The van der Waals surface area contributed by atoms with Gasteiger partial charge in [0.1, 0.15) is 0 Å². The van der Waals surface area contributed by atoms with Gasteiger partial charge in [0.25, 0.3) is 5.91 Å². The second-order valence-corrected chi connectivity index (χ2v) is 6.07. The first-order chi connectivity index (χ1) is 11.6. The number of hydrogen-bond acceptors (Lipinski definition) is 4. The Morgan fingerprint density at radius 2 is 1.75 bits per heavy atom. The first-order valence-electron chi connectivity index (χ1n) is 7.35. The van der Waals surface area contributed by atoms with Crippen LogP contribution in [-0.2, 0) is 0 Å². The molecule has 5 nitrogen and oxygen atoms in total. The Bertz CT molecular complexity index is 851. The molecule has 120 valence electrons. The van der Waals surface area contributed by atoms with Gasteiger partial charge in [0.05, 0.1) is 0 Å². The van der Waals surface area contributed by atoms with Crippen LogP contribution in [0.25, 0.3) is 0 Å². The quantitative estimate of drug-likeness (QED) is 0.694. The summed E-state index contributed by atoms with van der Waals surface area (Å²) in [6.07, 6.45) is 0. The Morgan fingerprint density at radius 1 is 0.958 bits per heavy atom. The van der Waals surface area contributed by atoms with Gasteiger partial charge in [-0.2, -0.15) is 0 Å². The Hall–Kier alpha value is -2.73. The molecule has 1 amide bonds. The number of amides is 1. The highest BCUT2D eigenvalue weighted by Gasteiger charge is 2.08. The van der Waals surface area contributed by atoms with Crippen molar-refractivity contribution in [1.82, 2.24) is 10.2 Å². The van der Waals surface area contributed by atoms with Crippen LogP contribution in [-0.4, -0.2) is 16.1 Å². The topological polar surface area (TPSA) is 66.9 Å². The van der Waals surface area contributed by atoms with Crippen molar-refractivity contribution in [3.8, 4) is 0 Å². The molecule has 0 radical (unpaired) electrons. The minimum absolute atomic E-state index is 0.259. The molecule has 24 heavy (non-hydrogen) atoms. The van der Waals surface area contributed by atoms with Gasteiger partial charge in [-0.05, 0) is 48.9 Å². The predicted molar refractivity (Wildman–Crippen MR) is 98.6 cm³/mol. The molecule has 0 bridgehead atoms. The third kappa shape index (κ3) is 3.97. The number of aryl methyl sites for hydroxylation is 1. The fourth-order valence-corrected chi connectivity index (χ4v) is 2.43. The summed E-state index contributed by atoms with van der Waals surface area (Å²) in [7, 11) is 0. The van der Waals surface area contributed by atoms with E-state index in [1.54, 1.807) is 12.1 Å². The summed E-state index contributed by atoms with van der Waals surface area (Å²) in [5, 5.41) is 14.0. The van der Waals surface area contributed by atoms with E-state index in [1.165, 1.54) is 0 Å². The standard InChI is InChI=1S/C18H15BrN4O/c1-12-7-8-14(11-15(12)19)20-17-10-9-16(22-23-17)18(24)21-13-5-3-2-4-6-13/h2-11H,1H3,(H,20,23)(H,21,24). The summed E-state index contributed by atoms with van der Waals surface area (Å²) in [6.45, 7) is 2.02. The molecule has 2 N–H and O–H groups in total. The van der Waals surface area contributed by atoms with E-state index >= 15 is 0 Å². The molecule has 0 spiro atoms. The number of rotatable bonds is 4. The number of nitrogens with one attached hydrogen (secondary N) is 2. The van der Waals surface area contributed by atoms with Gasteiger partial charge in [-0.25, -0.2) is 0 Å². The van der Waals surface area contributed by atoms with Crippen LogP contribution >= 0.6 is 15.9 Å². The molecule has 0 saturated carbocycles. The van der Waals surface area contributed by atoms with E-state index in [1.807, 2.05) is 55.5 Å². The lowest BCUT2D eigenvalue weighted by Gasteiger charge is -2.08. The molecule has 1 heterocycles. The smallest absolute Gasteiger partial charge is 0.276 e. The van der Waals surface area contributed by atoms with Crippen LogP contribution in [0.4, 0.5) is 17.2 Å². The van der Waals surface area contributed by atoms with Crippen LogP contribution in [0.15, 0.2) is 65.1 Å². The second-order valence-electron chi connectivity index (χ2n) is 5.21. The predicted octanol–water partition coefficient (Wildman–Crippen LogP) is 4.54. The highest BCUT2D eigenvalue weighted by Crippen LogP contribution is 2.22. The molecule has 0 saturated heterocycles. The van der Waals surface area contributed by atoms with Crippen LogP contribution in [0, 0.1) is 6.92 Å². The monoisotopic (exact) mass is 382 g/mol. The van der Waals surface area contributed by atoms with Crippen molar-refractivity contribution in [2.45, 2.75) is 6.92 Å². The maximum atomic E-state index is 12.1. The number of benzene rings is 2. The number of nitrogens with zero attached hydrogens (tertiary/aromatic N) is 2. The van der Waals surface area contributed by atoms with Crippen LogP contribution in [0.2, 0.25) is 0 Å². The molecule has 3 aromatic rings. The van der Waals surface area contributed by atoms with E-state index in [4.69, 9.17) is 0 Å². The lowest BCUT2D eigenvalue weighted by molar-refractivity contribution is 0.102. The number of para-hydroxylation sites is 1. The van der Waals surface area contributed by atoms with E-state index in [0.717, 1.165) is 21.4 Å². The number of hydrogen-bond donors (Lipinski definition) is 2. The Morgan fingerprint density at radius 3 is 2.42 bits per heavy atom. The molecule has 0 aliphatic heterocycles. The molecule has 0 atom stereocenters. The molecule has 0 fully saturated rings. The number of halogens is 1. The molecule has 2 aromatic carbocycles. The first kappa shape index (κ1) is 16.1. The van der Waals surface area contributed by atoms with Crippen molar-refractivity contribution in [1.29, 1.82) is 0 Å². The maximum absolute atomic E-state index is 12.1. The Balaban J connectivity index is 1.68. The minimum atomic E-state index is -0.293. The number of aromatic nitrogens is 2. The third-order valence-electron chi connectivity index (χ3n) is 3.37. The van der Waals surface area contributed by atoms with Gasteiger partial charge >= 0.3 is 0 Å². The normalized spacial score (nSPS) is 10.2. The minimum Gasteiger partial charge on any atom is -0.339 e. The van der Waals surface area contributed by atoms with Gasteiger partial charge in [0.15, 0.2) is 11.5 Å². The molecule has 0 aliphatic carbocycles. The van der Waals surface area contributed by atoms with E-state index in [2.05, 4.69) is 36.8 Å². The average molecular weight is 383 g/mol. The summed E-state index contributed by atoms with van der Waals surface area (Å²) in [6, 6.07) is 18.5. The zero-order chi connectivity index (χ0) is 16.9. The second kappa shape index (κ2) is 7.23. The van der Waals surface area contributed by atoms with E-state index in [9.17, 15) is 4.79 Å². The summed E-state index contributed by atoms with van der Waals surface area (Å²) < 4.78 is 1.01. The first-order valence-corrected chi connectivity index (χ1v) is 8.14. The van der Waals surface area contributed by atoms with Crippen LogP contribution in [0.5, 0.6) is 0 Å². The third-order valence-corrected chi connectivity index (χ3v) is 4.23. The van der Waals surface area contributed by atoms with Gasteiger partial charge in [-0.1, -0.05) is 40.2 Å². The molecule has 1 aromatic heterocycles. The van der Waals surface area contributed by atoms with Gasteiger partial charge in [-0.15, -0.1) is 10.2 Å². The summed E-state index contributed by atoms with van der Waals surface area (Å²) in [5.41, 5.74) is 3.02. The number of anilines is 3. The Kier molecular flexibility index (Phi) is 4.86. The molecule has 3 rings (SSSR count). The van der Waals surface area contributed by atoms with Crippen LogP contribution in [0.1, 0.15) is 16.1 Å². The van der Waals surface area contributed by atoms with Crippen molar-refractivity contribution in [3.63, 3.8) is 0 Å². The fourth-order valence-electron chi connectivity index (χ4n) is 2.06. The average Bonchev–Trinajstić information content (AvgIpc) is 2.60. The SMILES string of the molecule is Cc1ccc(Nc2ccc(C(=O)Nc3ccccc3)nn2)cc1Br. The van der Waals surface area contributed by atoms with Gasteiger partial charge in [0, 0.05) is 15.8 Å². The number of carbonyl (C=O) groups is 1. The van der Waals surface area contributed by atoms with Crippen LogP contribution in [0.3, 0.4) is 0 Å². The fraction of sp³-hybridized carbons (Fsp3) is 0.0556.